The van der Waals surface area contributed by atoms with E-state index in [1.165, 1.54) is 0 Å². The van der Waals surface area contributed by atoms with Crippen LogP contribution in [-0.4, -0.2) is 44.1 Å². The summed E-state index contributed by atoms with van der Waals surface area (Å²) in [6.45, 7) is 3.18. The van der Waals surface area contributed by atoms with Crippen LogP contribution in [0.15, 0.2) is 24.3 Å². The summed E-state index contributed by atoms with van der Waals surface area (Å²) in [5.74, 6) is 1.50. The fraction of sp³-hybridized carbons (Fsp3) is 0.562. The monoisotopic (exact) mass is 291 g/mol. The lowest BCUT2D eigenvalue weighted by Crippen LogP contribution is -2.39. The largest absolute Gasteiger partial charge is 0.497 e. The highest BCUT2D eigenvalue weighted by Gasteiger charge is 2.20. The minimum atomic E-state index is 0.0283. The van der Waals surface area contributed by atoms with Gasteiger partial charge in [-0.25, -0.2) is 0 Å². The van der Waals surface area contributed by atoms with Gasteiger partial charge in [-0.1, -0.05) is 6.07 Å². The normalized spacial score (nSPS) is 16.7. The van der Waals surface area contributed by atoms with Crippen molar-refractivity contribution in [3.8, 4) is 5.75 Å². The highest BCUT2D eigenvalue weighted by Crippen LogP contribution is 2.20. The average molecular weight is 291 g/mol. The molecule has 3 N–H and O–H groups in total. The van der Waals surface area contributed by atoms with Gasteiger partial charge in [-0.2, -0.15) is 0 Å². The zero-order chi connectivity index (χ0) is 15.1. The number of rotatable bonds is 6. The van der Waals surface area contributed by atoms with Crippen LogP contribution < -0.4 is 15.8 Å². The highest BCUT2D eigenvalue weighted by atomic mass is 16.5. The first-order valence-electron chi connectivity index (χ1n) is 7.57. The van der Waals surface area contributed by atoms with Crippen molar-refractivity contribution in [2.75, 3.05) is 38.6 Å². The second-order valence-corrected chi connectivity index (χ2v) is 5.58. The van der Waals surface area contributed by atoms with Gasteiger partial charge in [-0.3, -0.25) is 9.69 Å². The van der Waals surface area contributed by atoms with Gasteiger partial charge in [0.25, 0.3) is 0 Å². The van der Waals surface area contributed by atoms with Gasteiger partial charge >= 0.3 is 0 Å². The van der Waals surface area contributed by atoms with Crippen LogP contribution in [0.5, 0.6) is 5.75 Å². The third-order valence-corrected chi connectivity index (χ3v) is 4.00. The number of piperidine rings is 1. The third-order valence-electron chi connectivity index (χ3n) is 4.00. The number of amides is 1. The summed E-state index contributed by atoms with van der Waals surface area (Å²) in [5.41, 5.74) is 6.37. The molecule has 1 fully saturated rings. The Morgan fingerprint density at radius 3 is 2.86 bits per heavy atom. The lowest BCUT2D eigenvalue weighted by atomic mass is 9.94. The van der Waals surface area contributed by atoms with Crippen LogP contribution in [0.2, 0.25) is 0 Å². The number of likely N-dealkylation sites (tertiary alicyclic amines) is 1. The third kappa shape index (κ3) is 5.02. The van der Waals surface area contributed by atoms with E-state index < -0.39 is 0 Å². The van der Waals surface area contributed by atoms with Gasteiger partial charge in [-0.15, -0.1) is 0 Å². The van der Waals surface area contributed by atoms with E-state index in [1.54, 1.807) is 7.11 Å². The average Bonchev–Trinajstić information content (AvgIpc) is 2.49. The number of methoxy groups -OCH3 is 1. The molecule has 1 aromatic rings. The van der Waals surface area contributed by atoms with Crippen LogP contribution >= 0.6 is 0 Å². The van der Waals surface area contributed by atoms with E-state index in [0.717, 1.165) is 56.3 Å². The summed E-state index contributed by atoms with van der Waals surface area (Å²) in [5, 5.41) is 2.92. The number of ether oxygens (including phenoxy) is 1. The van der Waals surface area contributed by atoms with Gasteiger partial charge in [0.05, 0.1) is 13.7 Å². The molecular formula is C16H25N3O2. The Kier molecular flexibility index (Phi) is 6.02. The van der Waals surface area contributed by atoms with E-state index in [-0.39, 0.29) is 5.91 Å². The molecule has 0 aromatic heterocycles. The van der Waals surface area contributed by atoms with Crippen molar-refractivity contribution in [1.29, 1.82) is 0 Å². The standard InChI is InChI=1S/C16H25N3O2/c1-21-15-4-2-3-14(11-15)18-16(20)12-19-9-6-13(5-8-17)7-10-19/h2-4,11,13H,5-10,12,17H2,1H3,(H,18,20). The lowest BCUT2D eigenvalue weighted by Gasteiger charge is -2.31. The molecule has 5 nitrogen and oxygen atoms in total. The molecule has 21 heavy (non-hydrogen) atoms. The SMILES string of the molecule is COc1cccc(NC(=O)CN2CCC(CCN)CC2)c1. The van der Waals surface area contributed by atoms with Gasteiger partial charge < -0.3 is 15.8 Å². The Labute approximate surface area is 126 Å². The molecule has 1 heterocycles. The Balaban J connectivity index is 1.77. The first-order valence-corrected chi connectivity index (χ1v) is 7.57. The van der Waals surface area contributed by atoms with Crippen LogP contribution in [0.3, 0.4) is 0 Å². The molecule has 0 saturated carbocycles. The number of carbonyl (C=O) groups excluding carboxylic acids is 1. The Bertz CT molecular complexity index is 457. The van der Waals surface area contributed by atoms with Crippen molar-refractivity contribution in [3.63, 3.8) is 0 Å². The quantitative estimate of drug-likeness (QED) is 0.837. The molecule has 0 bridgehead atoms. The molecule has 0 spiro atoms. The predicted molar refractivity (Wildman–Crippen MR) is 84.5 cm³/mol. The summed E-state index contributed by atoms with van der Waals surface area (Å²) in [7, 11) is 1.62. The van der Waals surface area contributed by atoms with E-state index in [9.17, 15) is 4.79 Å². The first-order chi connectivity index (χ1) is 10.2. The zero-order valence-corrected chi connectivity index (χ0v) is 12.7. The number of nitrogens with one attached hydrogen (secondary N) is 1. The Morgan fingerprint density at radius 2 is 2.19 bits per heavy atom. The van der Waals surface area contributed by atoms with Gasteiger partial charge in [0.2, 0.25) is 5.91 Å². The molecule has 1 aromatic carbocycles. The maximum atomic E-state index is 12.1. The number of benzene rings is 1. The second kappa shape index (κ2) is 8.00. The fourth-order valence-electron chi connectivity index (χ4n) is 2.77. The molecule has 0 aliphatic carbocycles. The van der Waals surface area contributed by atoms with Gasteiger partial charge in [-0.05, 0) is 56.9 Å². The van der Waals surface area contributed by atoms with E-state index in [2.05, 4.69) is 10.2 Å². The predicted octanol–water partition coefficient (Wildman–Crippen LogP) is 1.69. The summed E-state index contributed by atoms with van der Waals surface area (Å²) in [4.78, 5) is 14.3. The Hall–Kier alpha value is -1.59. The van der Waals surface area contributed by atoms with Crippen molar-refractivity contribution >= 4 is 11.6 Å². The molecule has 2 rings (SSSR count). The summed E-state index contributed by atoms with van der Waals surface area (Å²) in [6.07, 6.45) is 3.39. The molecular weight excluding hydrogens is 266 g/mol. The van der Waals surface area contributed by atoms with Crippen molar-refractivity contribution in [2.24, 2.45) is 11.7 Å². The van der Waals surface area contributed by atoms with Gasteiger partial charge in [0.1, 0.15) is 5.75 Å². The molecule has 5 heteroatoms. The molecule has 0 atom stereocenters. The molecule has 1 aliphatic heterocycles. The van der Waals surface area contributed by atoms with Crippen molar-refractivity contribution in [3.05, 3.63) is 24.3 Å². The minimum Gasteiger partial charge on any atom is -0.497 e. The molecule has 0 radical (unpaired) electrons. The first kappa shape index (κ1) is 15.8. The van der Waals surface area contributed by atoms with Crippen molar-refractivity contribution in [2.45, 2.75) is 19.3 Å². The lowest BCUT2D eigenvalue weighted by molar-refractivity contribution is -0.117. The topological polar surface area (TPSA) is 67.6 Å². The summed E-state index contributed by atoms with van der Waals surface area (Å²) < 4.78 is 5.15. The second-order valence-electron chi connectivity index (χ2n) is 5.58. The molecule has 116 valence electrons. The van der Waals surface area contributed by atoms with Crippen LogP contribution in [0, 0.1) is 5.92 Å². The number of nitrogens with two attached hydrogens (primary N) is 1. The summed E-state index contributed by atoms with van der Waals surface area (Å²) >= 11 is 0. The maximum Gasteiger partial charge on any atom is 0.238 e. The minimum absolute atomic E-state index is 0.0283. The van der Waals surface area contributed by atoms with E-state index in [0.29, 0.717) is 6.54 Å². The van der Waals surface area contributed by atoms with E-state index in [1.807, 2.05) is 24.3 Å². The van der Waals surface area contributed by atoms with Crippen LogP contribution in [0.4, 0.5) is 5.69 Å². The van der Waals surface area contributed by atoms with Crippen LogP contribution in [0.25, 0.3) is 0 Å². The van der Waals surface area contributed by atoms with Crippen LogP contribution in [-0.2, 0) is 4.79 Å². The van der Waals surface area contributed by atoms with Crippen LogP contribution in [0.1, 0.15) is 19.3 Å². The molecule has 1 aliphatic rings. The smallest absolute Gasteiger partial charge is 0.238 e. The zero-order valence-electron chi connectivity index (χ0n) is 12.7. The van der Waals surface area contributed by atoms with E-state index in [4.69, 9.17) is 10.5 Å². The molecule has 1 amide bonds. The van der Waals surface area contributed by atoms with Gasteiger partial charge in [0.15, 0.2) is 0 Å². The number of carbonyl (C=O) groups is 1. The molecule has 1 saturated heterocycles. The fourth-order valence-corrected chi connectivity index (χ4v) is 2.77. The summed E-state index contributed by atoms with van der Waals surface area (Å²) in [6, 6.07) is 7.42. The Morgan fingerprint density at radius 1 is 1.43 bits per heavy atom. The van der Waals surface area contributed by atoms with E-state index >= 15 is 0 Å². The van der Waals surface area contributed by atoms with Gasteiger partial charge in [0, 0.05) is 11.8 Å². The van der Waals surface area contributed by atoms with Crippen molar-refractivity contribution in [1.82, 2.24) is 4.90 Å². The number of hydrogen-bond acceptors (Lipinski definition) is 4. The highest BCUT2D eigenvalue weighted by molar-refractivity contribution is 5.92. The number of nitrogens with zero attached hydrogens (tertiary/aromatic N) is 1. The van der Waals surface area contributed by atoms with Crippen molar-refractivity contribution < 1.29 is 9.53 Å². The molecule has 0 unspecified atom stereocenters. The maximum absolute atomic E-state index is 12.1. The number of hydrogen-bond donors (Lipinski definition) is 2. The number of anilines is 1.